The number of carbonyl (C=O) groups excluding carboxylic acids is 1. The van der Waals surface area contributed by atoms with Crippen LogP contribution in [0.15, 0.2) is 66.7 Å². The molecular weight excluding hydrogens is 303 g/mol. The van der Waals surface area contributed by atoms with Crippen LogP contribution in [0.3, 0.4) is 0 Å². The molecule has 22 heavy (non-hydrogen) atoms. The average Bonchev–Trinajstić information content (AvgIpc) is 2.53. The average molecular weight is 316 g/mol. The Balaban J connectivity index is 0.00000176. The zero-order valence-corrected chi connectivity index (χ0v) is 15.4. The van der Waals surface area contributed by atoms with Gasteiger partial charge in [0.05, 0.1) is 5.97 Å². The Kier molecular flexibility index (Phi) is 6.17. The van der Waals surface area contributed by atoms with Gasteiger partial charge >= 0.3 is 51.4 Å². The van der Waals surface area contributed by atoms with E-state index in [9.17, 15) is 9.90 Å². The molecule has 0 spiro atoms. The summed E-state index contributed by atoms with van der Waals surface area (Å²) in [6.45, 7) is 0.444. The van der Waals surface area contributed by atoms with Gasteiger partial charge in [-0.05, 0) is 28.5 Å². The molecule has 0 bridgehead atoms. The summed E-state index contributed by atoms with van der Waals surface area (Å²) in [5, 5.41) is 12.6. The summed E-state index contributed by atoms with van der Waals surface area (Å²) in [7, 11) is 0. The van der Waals surface area contributed by atoms with Crippen LogP contribution in [0, 0.1) is 0 Å². The van der Waals surface area contributed by atoms with Crippen molar-refractivity contribution in [2.24, 2.45) is 0 Å². The second kappa shape index (κ2) is 7.90. The van der Waals surface area contributed by atoms with Crippen LogP contribution in [0.2, 0.25) is 0 Å². The van der Waals surface area contributed by atoms with Crippen molar-refractivity contribution in [3.05, 3.63) is 77.9 Å². The molecule has 3 aromatic carbocycles. The molecule has 0 saturated heterocycles. The third-order valence-corrected chi connectivity index (χ3v) is 3.32. The molecule has 0 aliphatic heterocycles. The predicted molar refractivity (Wildman–Crippen MR) is 79.1 cm³/mol. The number of hydrogen-bond donors (Lipinski definition) is 0. The molecule has 0 radical (unpaired) electrons. The van der Waals surface area contributed by atoms with Crippen LogP contribution in [0.4, 0.5) is 0 Å². The SMILES string of the molecule is O=C([O-])c1cccc2ccc(OCc3ccccc3)cc12.[K+]. The number of aromatic carboxylic acids is 1. The fraction of sp³-hybridized carbons (Fsp3) is 0.0556. The predicted octanol–water partition coefficient (Wildman–Crippen LogP) is -0.214. The Hall–Kier alpha value is -1.17. The van der Waals surface area contributed by atoms with Gasteiger partial charge in [0.2, 0.25) is 0 Å². The number of hydrogen-bond acceptors (Lipinski definition) is 3. The van der Waals surface area contributed by atoms with E-state index in [1.165, 1.54) is 0 Å². The minimum atomic E-state index is -1.18. The maximum Gasteiger partial charge on any atom is 1.00 e. The van der Waals surface area contributed by atoms with Crippen LogP contribution in [0.1, 0.15) is 15.9 Å². The van der Waals surface area contributed by atoms with Crippen molar-refractivity contribution in [1.82, 2.24) is 0 Å². The van der Waals surface area contributed by atoms with Crippen molar-refractivity contribution >= 4 is 16.7 Å². The van der Waals surface area contributed by atoms with Crippen LogP contribution in [-0.2, 0) is 6.61 Å². The summed E-state index contributed by atoms with van der Waals surface area (Å²) >= 11 is 0. The summed E-state index contributed by atoms with van der Waals surface area (Å²) in [6.07, 6.45) is 0. The van der Waals surface area contributed by atoms with Gasteiger partial charge in [0.25, 0.3) is 0 Å². The molecule has 4 heteroatoms. The molecule has 0 aromatic heterocycles. The monoisotopic (exact) mass is 316 g/mol. The van der Waals surface area contributed by atoms with Crippen molar-refractivity contribution in [3.63, 3.8) is 0 Å². The van der Waals surface area contributed by atoms with Crippen molar-refractivity contribution in [1.29, 1.82) is 0 Å². The van der Waals surface area contributed by atoms with Crippen molar-refractivity contribution < 1.29 is 66.0 Å². The quantitative estimate of drug-likeness (QED) is 0.626. The Bertz CT molecular complexity index is 785. The second-order valence-corrected chi connectivity index (χ2v) is 4.75. The zero-order chi connectivity index (χ0) is 14.7. The minimum absolute atomic E-state index is 0. The smallest absolute Gasteiger partial charge is 0.545 e. The van der Waals surface area contributed by atoms with E-state index in [1.807, 2.05) is 48.5 Å². The first-order chi connectivity index (χ1) is 10.2. The molecule has 0 aliphatic carbocycles. The first-order valence-corrected chi connectivity index (χ1v) is 6.65. The van der Waals surface area contributed by atoms with E-state index in [-0.39, 0.29) is 56.9 Å². The summed E-state index contributed by atoms with van der Waals surface area (Å²) in [5.41, 5.74) is 1.24. The van der Waals surface area contributed by atoms with E-state index < -0.39 is 5.97 Å². The van der Waals surface area contributed by atoms with Crippen LogP contribution in [0.25, 0.3) is 10.8 Å². The van der Waals surface area contributed by atoms with E-state index in [0.29, 0.717) is 17.7 Å². The number of ether oxygens (including phenoxy) is 1. The van der Waals surface area contributed by atoms with E-state index >= 15 is 0 Å². The van der Waals surface area contributed by atoms with E-state index in [2.05, 4.69) is 0 Å². The molecule has 104 valence electrons. The van der Waals surface area contributed by atoms with Gasteiger partial charge in [0.1, 0.15) is 12.4 Å². The molecule has 0 aliphatic rings. The topological polar surface area (TPSA) is 49.4 Å². The molecule has 0 heterocycles. The van der Waals surface area contributed by atoms with Crippen LogP contribution >= 0.6 is 0 Å². The first-order valence-electron chi connectivity index (χ1n) is 6.65. The largest absolute Gasteiger partial charge is 1.00 e. The summed E-state index contributed by atoms with van der Waals surface area (Å²) in [6, 6.07) is 20.3. The van der Waals surface area contributed by atoms with Gasteiger partial charge in [0.15, 0.2) is 0 Å². The number of carbonyl (C=O) groups is 1. The molecular formula is C18H13KO3. The molecule has 0 saturated carbocycles. The van der Waals surface area contributed by atoms with E-state index in [0.717, 1.165) is 10.9 Å². The summed E-state index contributed by atoms with van der Waals surface area (Å²) in [4.78, 5) is 11.2. The van der Waals surface area contributed by atoms with Gasteiger partial charge in [-0.25, -0.2) is 0 Å². The third-order valence-electron chi connectivity index (χ3n) is 3.32. The number of carboxylic acids is 1. The number of carboxylic acid groups (broad SMARTS) is 1. The van der Waals surface area contributed by atoms with Gasteiger partial charge in [-0.3, -0.25) is 0 Å². The van der Waals surface area contributed by atoms with E-state index in [1.54, 1.807) is 18.2 Å². The Labute approximate surface area is 171 Å². The standard InChI is InChI=1S/C18H14O3.K/c19-18(20)16-8-4-7-14-9-10-15(11-17(14)16)21-12-13-5-2-1-3-6-13;/h1-11H,12H2,(H,19,20);/q;+1/p-1. The third kappa shape index (κ3) is 3.97. The Morgan fingerprint density at radius 2 is 1.73 bits per heavy atom. The number of fused-ring (bicyclic) bond motifs is 1. The first kappa shape index (κ1) is 17.2. The minimum Gasteiger partial charge on any atom is -0.545 e. The van der Waals surface area contributed by atoms with Crippen molar-refractivity contribution in [3.8, 4) is 5.75 Å². The normalized spacial score (nSPS) is 10.0. The number of benzene rings is 3. The maximum atomic E-state index is 11.2. The second-order valence-electron chi connectivity index (χ2n) is 4.75. The molecule has 0 fully saturated rings. The summed E-state index contributed by atoms with van der Waals surface area (Å²) < 4.78 is 5.72. The van der Waals surface area contributed by atoms with Gasteiger partial charge in [0, 0.05) is 5.56 Å². The molecule has 3 aromatic rings. The fourth-order valence-corrected chi connectivity index (χ4v) is 2.26. The maximum absolute atomic E-state index is 11.2. The molecule has 3 rings (SSSR count). The molecule has 3 nitrogen and oxygen atoms in total. The van der Waals surface area contributed by atoms with Gasteiger partial charge < -0.3 is 14.6 Å². The fourth-order valence-electron chi connectivity index (χ4n) is 2.26. The molecule has 0 amide bonds. The van der Waals surface area contributed by atoms with Crippen LogP contribution in [0.5, 0.6) is 5.75 Å². The zero-order valence-electron chi connectivity index (χ0n) is 12.3. The molecule has 0 atom stereocenters. The Morgan fingerprint density at radius 3 is 2.45 bits per heavy atom. The van der Waals surface area contributed by atoms with Gasteiger partial charge in [-0.15, -0.1) is 0 Å². The Morgan fingerprint density at radius 1 is 0.955 bits per heavy atom. The van der Waals surface area contributed by atoms with Crippen LogP contribution in [-0.4, -0.2) is 5.97 Å². The van der Waals surface area contributed by atoms with Crippen LogP contribution < -0.4 is 61.2 Å². The van der Waals surface area contributed by atoms with Gasteiger partial charge in [-0.1, -0.05) is 54.6 Å². The van der Waals surface area contributed by atoms with Gasteiger partial charge in [-0.2, -0.15) is 0 Å². The molecule has 0 N–H and O–H groups in total. The van der Waals surface area contributed by atoms with E-state index in [4.69, 9.17) is 4.74 Å². The number of rotatable bonds is 4. The van der Waals surface area contributed by atoms with Crippen molar-refractivity contribution in [2.75, 3.05) is 0 Å². The molecule has 0 unspecified atom stereocenters. The summed E-state index contributed by atoms with van der Waals surface area (Å²) in [5.74, 6) is -0.541. The van der Waals surface area contributed by atoms with Crippen molar-refractivity contribution in [2.45, 2.75) is 6.61 Å².